The summed E-state index contributed by atoms with van der Waals surface area (Å²) in [5, 5.41) is 0. The zero-order valence-electron chi connectivity index (χ0n) is 14.6. The van der Waals surface area contributed by atoms with Gasteiger partial charge >= 0.3 is 31.1 Å². The van der Waals surface area contributed by atoms with Crippen LogP contribution in [0.15, 0.2) is 24.3 Å². The third kappa shape index (κ3) is 11.1. The number of benzene rings is 1. The molecule has 3 rings (SSSR count). The van der Waals surface area contributed by atoms with Crippen LogP contribution < -0.4 is 0 Å². The molecule has 2 aliphatic rings. The first-order chi connectivity index (χ1) is 9.75. The molecular weight excluding hydrogens is 846 g/mol. The first kappa shape index (κ1) is 26.9. The minimum absolute atomic E-state index is 0. The van der Waals surface area contributed by atoms with Gasteiger partial charge in [-0.25, -0.2) is 0 Å². The van der Waals surface area contributed by atoms with Gasteiger partial charge in [-0.1, -0.05) is 62.4 Å². The molecule has 0 radical (unpaired) electrons. The van der Waals surface area contributed by atoms with Crippen LogP contribution in [0.25, 0.3) is 0 Å². The van der Waals surface area contributed by atoms with Crippen molar-refractivity contribution < 1.29 is 73.2 Å². The molecule has 0 nitrogen and oxygen atoms in total. The van der Waals surface area contributed by atoms with E-state index in [1.54, 1.807) is 5.56 Å². The molecule has 0 heterocycles. The molecule has 23 heavy (non-hydrogen) atoms. The summed E-state index contributed by atoms with van der Waals surface area (Å²) in [5.41, 5.74) is 2.91. The summed E-state index contributed by atoms with van der Waals surface area (Å²) in [4.78, 5) is 0. The Balaban J connectivity index is 0. The first-order valence-corrected chi connectivity index (χ1v) is 8.45. The molecule has 0 aromatic heterocycles. The van der Waals surface area contributed by atoms with Crippen molar-refractivity contribution in [1.29, 1.82) is 0 Å². The molecule has 2 saturated carbocycles. The SMILES string of the molecule is CC1CC[CH-]CC1.Cc1ccc(C2CC[CH-]CC2)cc1.[U+2].[W].[W]. The molecule has 0 spiro atoms. The maximum Gasteiger partial charge on any atom is 2.00 e. The van der Waals surface area contributed by atoms with Crippen molar-refractivity contribution in [1.82, 2.24) is 0 Å². The molecule has 0 aliphatic heterocycles. The van der Waals surface area contributed by atoms with Gasteiger partial charge in [-0.15, -0.1) is 0 Å². The molecular formula is C20H30UW2. The molecule has 0 amide bonds. The molecule has 2 fully saturated rings. The van der Waals surface area contributed by atoms with Gasteiger partial charge < -0.3 is 12.8 Å². The third-order valence-electron chi connectivity index (χ3n) is 4.71. The van der Waals surface area contributed by atoms with E-state index in [2.05, 4.69) is 51.0 Å². The van der Waals surface area contributed by atoms with Crippen LogP contribution in [0.3, 0.4) is 0 Å². The first-order valence-electron chi connectivity index (χ1n) is 8.45. The maximum atomic E-state index is 2.42. The van der Waals surface area contributed by atoms with Gasteiger partial charge in [-0.2, -0.15) is 25.7 Å². The fraction of sp³-hybridized carbons (Fsp3) is 0.600. The standard InChI is InChI=1S/C13H17.C7H13.U.2W/c1-11-7-9-13(10-8-11)12-5-3-2-4-6-12;1-7-5-3-2-4-6-7;;;/h2,7-10,12H,3-6H2,1H3;2,7H,3-6H2,1H3;;;/q2*-1;+2;;. The van der Waals surface area contributed by atoms with Gasteiger partial charge in [-0.3, -0.25) is 0 Å². The molecule has 2 aliphatic carbocycles. The molecule has 3 heteroatoms. The van der Waals surface area contributed by atoms with Crippen LogP contribution in [0.4, 0.5) is 0 Å². The van der Waals surface area contributed by atoms with Crippen LogP contribution in [0, 0.1) is 56.8 Å². The van der Waals surface area contributed by atoms with Crippen molar-refractivity contribution in [2.45, 2.75) is 71.1 Å². The Bertz CT molecular complexity index is 366. The summed E-state index contributed by atoms with van der Waals surface area (Å²) in [5.74, 6) is 1.83. The van der Waals surface area contributed by atoms with Crippen molar-refractivity contribution in [3.8, 4) is 0 Å². The Morgan fingerprint density at radius 3 is 1.61 bits per heavy atom. The maximum absolute atomic E-state index is 2.42. The molecule has 0 N–H and O–H groups in total. The molecule has 0 saturated heterocycles. The largest absolute Gasteiger partial charge is 2.00 e. The van der Waals surface area contributed by atoms with Gasteiger partial charge in [0.1, 0.15) is 0 Å². The fourth-order valence-electron chi connectivity index (χ4n) is 3.19. The van der Waals surface area contributed by atoms with Gasteiger partial charge in [0.05, 0.1) is 0 Å². The van der Waals surface area contributed by atoms with Crippen molar-refractivity contribution in [2.75, 3.05) is 0 Å². The molecule has 126 valence electrons. The van der Waals surface area contributed by atoms with Crippen molar-refractivity contribution in [3.63, 3.8) is 0 Å². The Labute approximate surface area is 196 Å². The number of hydrogen-bond acceptors (Lipinski definition) is 0. The molecule has 0 atom stereocenters. The van der Waals surface area contributed by atoms with Gasteiger partial charge in [0.15, 0.2) is 0 Å². The van der Waals surface area contributed by atoms with E-state index in [-0.39, 0.29) is 73.2 Å². The number of rotatable bonds is 1. The smallest absolute Gasteiger partial charge is 0.328 e. The van der Waals surface area contributed by atoms with E-state index in [0.29, 0.717) is 0 Å². The van der Waals surface area contributed by atoms with E-state index < -0.39 is 0 Å². The van der Waals surface area contributed by atoms with E-state index in [1.165, 1.54) is 56.9 Å². The van der Waals surface area contributed by atoms with Crippen LogP contribution >= 0.6 is 0 Å². The van der Waals surface area contributed by atoms with Gasteiger partial charge in [0.25, 0.3) is 0 Å². The molecule has 1 aromatic carbocycles. The zero-order valence-corrected chi connectivity index (χ0v) is 24.6. The van der Waals surface area contributed by atoms with Crippen LogP contribution in [0.1, 0.15) is 75.3 Å². The predicted molar refractivity (Wildman–Crippen MR) is 88.6 cm³/mol. The summed E-state index contributed by atoms with van der Waals surface area (Å²) in [6.07, 6.45) is 15.7. The summed E-state index contributed by atoms with van der Waals surface area (Å²) in [7, 11) is 0. The quantitative estimate of drug-likeness (QED) is 0.293. The molecule has 1 aromatic rings. The second kappa shape index (κ2) is 15.9. The minimum Gasteiger partial charge on any atom is -0.328 e. The van der Waals surface area contributed by atoms with Crippen LogP contribution in [-0.2, 0) is 42.1 Å². The minimum atomic E-state index is 0. The van der Waals surface area contributed by atoms with Crippen molar-refractivity contribution in [3.05, 3.63) is 48.2 Å². The second-order valence-electron chi connectivity index (χ2n) is 6.60. The summed E-state index contributed by atoms with van der Waals surface area (Å²) in [6, 6.07) is 9.05. The third-order valence-corrected chi connectivity index (χ3v) is 4.71. The molecule has 0 unspecified atom stereocenters. The summed E-state index contributed by atoms with van der Waals surface area (Å²) < 4.78 is 0. The normalized spacial score (nSPS) is 18.3. The van der Waals surface area contributed by atoms with E-state index in [9.17, 15) is 0 Å². The Morgan fingerprint density at radius 2 is 1.22 bits per heavy atom. The van der Waals surface area contributed by atoms with Crippen molar-refractivity contribution >= 4 is 0 Å². The topological polar surface area (TPSA) is 0 Å². The summed E-state index contributed by atoms with van der Waals surface area (Å²) in [6.45, 7) is 4.49. The average molecular weight is 876 g/mol. The van der Waals surface area contributed by atoms with Gasteiger partial charge in [0.2, 0.25) is 0 Å². The second-order valence-corrected chi connectivity index (χ2v) is 6.60. The van der Waals surface area contributed by atoms with Gasteiger partial charge in [-0.05, 0) is 24.3 Å². The Morgan fingerprint density at radius 1 is 0.783 bits per heavy atom. The zero-order chi connectivity index (χ0) is 14.2. The van der Waals surface area contributed by atoms with E-state index >= 15 is 0 Å². The Kier molecular flexibility index (Phi) is 18.5. The predicted octanol–water partition coefficient (Wildman–Crippen LogP) is 6.25. The van der Waals surface area contributed by atoms with Gasteiger partial charge in [0, 0.05) is 42.1 Å². The molecule has 0 bridgehead atoms. The Hall–Kier alpha value is 1.65. The van der Waals surface area contributed by atoms with E-state index in [1.807, 2.05) is 0 Å². The van der Waals surface area contributed by atoms with Crippen LogP contribution in [0.2, 0.25) is 0 Å². The van der Waals surface area contributed by atoms with Crippen molar-refractivity contribution in [2.24, 2.45) is 5.92 Å². The van der Waals surface area contributed by atoms with Crippen LogP contribution in [-0.4, -0.2) is 0 Å². The van der Waals surface area contributed by atoms with Crippen LogP contribution in [0.5, 0.6) is 0 Å². The number of aryl methyl sites for hydroxylation is 1. The average Bonchev–Trinajstić information content (AvgIpc) is 2.50. The fourth-order valence-corrected chi connectivity index (χ4v) is 3.19. The van der Waals surface area contributed by atoms with E-state index in [0.717, 1.165) is 11.8 Å². The van der Waals surface area contributed by atoms with E-state index in [4.69, 9.17) is 0 Å². The summed E-state index contributed by atoms with van der Waals surface area (Å²) >= 11 is 0. The number of hydrogen-bond donors (Lipinski definition) is 0. The monoisotopic (exact) mass is 876 g/mol.